The predicted octanol–water partition coefficient (Wildman–Crippen LogP) is 8.22. The molecule has 0 saturated heterocycles. The predicted molar refractivity (Wildman–Crippen MR) is 129 cm³/mol. The third-order valence-electron chi connectivity index (χ3n) is 5.83. The molecule has 2 nitrogen and oxygen atoms in total. The third-order valence-corrected chi connectivity index (χ3v) is 5.83. The summed E-state index contributed by atoms with van der Waals surface area (Å²) < 4.78 is 6.11. The van der Waals surface area contributed by atoms with Gasteiger partial charge in [-0.1, -0.05) is 109 Å². The van der Waals surface area contributed by atoms with Crippen LogP contribution >= 0.6 is 0 Å². The number of ether oxygens (including phenoxy) is 1. The van der Waals surface area contributed by atoms with Crippen molar-refractivity contribution in [3.63, 3.8) is 0 Å². The molecule has 168 valence electrons. The van der Waals surface area contributed by atoms with E-state index in [1.807, 2.05) is 0 Å². The Morgan fingerprint density at radius 3 is 1.83 bits per heavy atom. The molecule has 1 aromatic rings. The molecular formula is C27H49NO. The molecule has 0 aliphatic carbocycles. The Labute approximate surface area is 182 Å². The maximum atomic E-state index is 6.11. The summed E-state index contributed by atoms with van der Waals surface area (Å²) in [7, 11) is 0. The van der Waals surface area contributed by atoms with E-state index in [0.29, 0.717) is 0 Å². The molecule has 0 amide bonds. The molecule has 0 bridgehead atoms. The van der Waals surface area contributed by atoms with Gasteiger partial charge < -0.3 is 10.1 Å². The number of hydrogen-bond acceptors (Lipinski definition) is 2. The van der Waals surface area contributed by atoms with E-state index >= 15 is 0 Å². The lowest BCUT2D eigenvalue weighted by atomic mass is 10.0. The van der Waals surface area contributed by atoms with Gasteiger partial charge in [0.25, 0.3) is 0 Å². The van der Waals surface area contributed by atoms with Crippen LogP contribution in [0.1, 0.15) is 116 Å². The van der Waals surface area contributed by atoms with Crippen molar-refractivity contribution >= 4 is 0 Å². The molecular weight excluding hydrogens is 354 g/mol. The highest BCUT2D eigenvalue weighted by molar-refractivity contribution is 5.27. The van der Waals surface area contributed by atoms with Gasteiger partial charge in [-0.05, 0) is 44.0 Å². The lowest BCUT2D eigenvalue weighted by Gasteiger charge is -2.18. The van der Waals surface area contributed by atoms with Crippen molar-refractivity contribution in [1.82, 2.24) is 5.32 Å². The Kier molecular flexibility index (Phi) is 17.0. The van der Waals surface area contributed by atoms with Gasteiger partial charge in [-0.2, -0.15) is 0 Å². The summed E-state index contributed by atoms with van der Waals surface area (Å²) in [5.74, 6) is 0.996. The highest BCUT2D eigenvalue weighted by Crippen LogP contribution is 2.15. The van der Waals surface area contributed by atoms with Gasteiger partial charge in [0.2, 0.25) is 0 Å². The monoisotopic (exact) mass is 403 g/mol. The topological polar surface area (TPSA) is 21.3 Å². The summed E-state index contributed by atoms with van der Waals surface area (Å²) in [6, 6.07) is 8.36. The Morgan fingerprint density at radius 2 is 1.31 bits per heavy atom. The van der Waals surface area contributed by atoms with Crippen molar-refractivity contribution in [3.8, 4) is 5.75 Å². The van der Waals surface area contributed by atoms with E-state index in [0.717, 1.165) is 25.3 Å². The van der Waals surface area contributed by atoms with Crippen molar-refractivity contribution in [2.24, 2.45) is 0 Å². The first-order chi connectivity index (χ1) is 14.3. The standard InChI is InChI=1S/C27H49NO/c1-4-6-7-8-9-10-11-12-13-14-15-16-17-18-22-28-24-26(5-2)29-27-21-19-20-25(3)23-27/h19-21,23,26,28H,4-18,22,24H2,1-3H3. The van der Waals surface area contributed by atoms with Gasteiger partial charge in [0.1, 0.15) is 11.9 Å². The fourth-order valence-corrected chi connectivity index (χ4v) is 3.86. The quantitative estimate of drug-likeness (QED) is 0.221. The Hall–Kier alpha value is -1.02. The van der Waals surface area contributed by atoms with Crippen LogP contribution in [0, 0.1) is 6.92 Å². The first-order valence-corrected chi connectivity index (χ1v) is 12.7. The third kappa shape index (κ3) is 15.5. The van der Waals surface area contributed by atoms with Crippen LogP contribution in [0.25, 0.3) is 0 Å². The number of benzene rings is 1. The van der Waals surface area contributed by atoms with Gasteiger partial charge in [-0.3, -0.25) is 0 Å². The van der Waals surface area contributed by atoms with E-state index < -0.39 is 0 Å². The smallest absolute Gasteiger partial charge is 0.120 e. The second-order valence-corrected chi connectivity index (χ2v) is 8.76. The number of nitrogens with one attached hydrogen (secondary N) is 1. The molecule has 1 unspecified atom stereocenters. The van der Waals surface area contributed by atoms with E-state index in [9.17, 15) is 0 Å². The molecule has 0 aliphatic heterocycles. The van der Waals surface area contributed by atoms with E-state index in [1.165, 1.54) is 95.5 Å². The molecule has 2 heteroatoms. The first kappa shape index (κ1) is 26.0. The molecule has 0 fully saturated rings. The highest BCUT2D eigenvalue weighted by atomic mass is 16.5. The lowest BCUT2D eigenvalue weighted by Crippen LogP contribution is -2.31. The van der Waals surface area contributed by atoms with Crippen molar-refractivity contribution in [3.05, 3.63) is 29.8 Å². The minimum absolute atomic E-state index is 0.267. The van der Waals surface area contributed by atoms with Crippen molar-refractivity contribution < 1.29 is 4.74 Å². The van der Waals surface area contributed by atoms with Crippen LogP contribution in [0.2, 0.25) is 0 Å². The average molecular weight is 404 g/mol. The molecule has 0 radical (unpaired) electrons. The summed E-state index contributed by atoms with van der Waals surface area (Å²) in [6.45, 7) is 8.67. The zero-order valence-corrected chi connectivity index (χ0v) is 19.8. The Morgan fingerprint density at radius 1 is 0.759 bits per heavy atom. The largest absolute Gasteiger partial charge is 0.489 e. The Bertz CT molecular complexity index is 473. The van der Waals surface area contributed by atoms with E-state index in [1.54, 1.807) is 0 Å². The molecule has 0 aromatic heterocycles. The second-order valence-electron chi connectivity index (χ2n) is 8.76. The van der Waals surface area contributed by atoms with Crippen LogP contribution in [0.15, 0.2) is 24.3 Å². The van der Waals surface area contributed by atoms with Crippen LogP contribution < -0.4 is 10.1 Å². The van der Waals surface area contributed by atoms with Crippen LogP contribution in [-0.2, 0) is 0 Å². The SMILES string of the molecule is CCCCCCCCCCCCCCCCNCC(CC)Oc1cccc(C)c1. The van der Waals surface area contributed by atoms with Crippen molar-refractivity contribution in [2.75, 3.05) is 13.1 Å². The number of aryl methyl sites for hydroxylation is 1. The van der Waals surface area contributed by atoms with Gasteiger partial charge in [0.15, 0.2) is 0 Å². The van der Waals surface area contributed by atoms with Gasteiger partial charge >= 0.3 is 0 Å². The van der Waals surface area contributed by atoms with Crippen LogP contribution in [0.5, 0.6) is 5.75 Å². The summed E-state index contributed by atoms with van der Waals surface area (Å²) >= 11 is 0. The zero-order chi connectivity index (χ0) is 21.0. The summed E-state index contributed by atoms with van der Waals surface area (Å²) in [4.78, 5) is 0. The van der Waals surface area contributed by atoms with Gasteiger partial charge in [-0.25, -0.2) is 0 Å². The normalized spacial score (nSPS) is 12.2. The maximum Gasteiger partial charge on any atom is 0.120 e. The average Bonchev–Trinajstić information content (AvgIpc) is 2.72. The lowest BCUT2D eigenvalue weighted by molar-refractivity contribution is 0.193. The van der Waals surface area contributed by atoms with Crippen molar-refractivity contribution in [2.45, 2.75) is 123 Å². The fraction of sp³-hybridized carbons (Fsp3) is 0.778. The van der Waals surface area contributed by atoms with E-state index in [-0.39, 0.29) is 6.10 Å². The molecule has 29 heavy (non-hydrogen) atoms. The molecule has 0 aliphatic rings. The number of hydrogen-bond donors (Lipinski definition) is 1. The highest BCUT2D eigenvalue weighted by Gasteiger charge is 2.07. The minimum atomic E-state index is 0.267. The molecule has 1 rings (SSSR count). The zero-order valence-electron chi connectivity index (χ0n) is 19.8. The molecule has 0 heterocycles. The molecule has 1 atom stereocenters. The van der Waals surface area contributed by atoms with Gasteiger partial charge in [0.05, 0.1) is 0 Å². The van der Waals surface area contributed by atoms with Crippen LogP contribution in [0.3, 0.4) is 0 Å². The van der Waals surface area contributed by atoms with E-state index in [2.05, 4.69) is 50.4 Å². The van der Waals surface area contributed by atoms with Gasteiger partial charge in [-0.15, -0.1) is 0 Å². The van der Waals surface area contributed by atoms with E-state index in [4.69, 9.17) is 4.74 Å². The second kappa shape index (κ2) is 19.0. The number of unbranched alkanes of at least 4 members (excludes halogenated alkanes) is 13. The summed E-state index contributed by atoms with van der Waals surface area (Å²) in [5.41, 5.74) is 1.26. The number of rotatable bonds is 20. The molecule has 1 aromatic carbocycles. The van der Waals surface area contributed by atoms with Crippen LogP contribution in [-0.4, -0.2) is 19.2 Å². The maximum absolute atomic E-state index is 6.11. The Balaban J connectivity index is 1.85. The molecule has 1 N–H and O–H groups in total. The summed E-state index contributed by atoms with van der Waals surface area (Å²) in [6.07, 6.45) is 21.2. The molecule has 0 spiro atoms. The van der Waals surface area contributed by atoms with Gasteiger partial charge in [0, 0.05) is 6.54 Å². The minimum Gasteiger partial charge on any atom is -0.489 e. The summed E-state index contributed by atoms with van der Waals surface area (Å²) in [5, 5.41) is 3.59. The fourth-order valence-electron chi connectivity index (χ4n) is 3.86. The first-order valence-electron chi connectivity index (χ1n) is 12.7. The molecule has 0 saturated carbocycles. The van der Waals surface area contributed by atoms with Crippen LogP contribution in [0.4, 0.5) is 0 Å². The van der Waals surface area contributed by atoms with Crippen molar-refractivity contribution in [1.29, 1.82) is 0 Å².